The molecule has 0 saturated heterocycles. The van der Waals surface area contributed by atoms with Crippen LogP contribution in [0.25, 0.3) is 10.9 Å². The molecule has 0 radical (unpaired) electrons. The lowest BCUT2D eigenvalue weighted by Gasteiger charge is -2.26. The molecule has 20 heavy (non-hydrogen) atoms. The third-order valence-corrected chi connectivity index (χ3v) is 3.26. The van der Waals surface area contributed by atoms with Crippen LogP contribution in [0.3, 0.4) is 0 Å². The van der Waals surface area contributed by atoms with Crippen molar-refractivity contribution in [2.75, 3.05) is 6.54 Å². The number of carbonyl (C=O) groups excluding carboxylic acids is 1. The highest BCUT2D eigenvalue weighted by atomic mass is 16.3. The molecular formula is C15H21N3O2. The summed E-state index contributed by atoms with van der Waals surface area (Å²) in [4.78, 5) is 12.2. The van der Waals surface area contributed by atoms with E-state index >= 15 is 0 Å². The third kappa shape index (κ3) is 3.36. The second kappa shape index (κ2) is 5.63. The largest absolute Gasteiger partial charge is 0.393 e. The fraction of sp³-hybridized carbons (Fsp3) is 0.467. The Balaban J connectivity index is 2.06. The summed E-state index contributed by atoms with van der Waals surface area (Å²) < 4.78 is 0. The van der Waals surface area contributed by atoms with Crippen LogP contribution in [0.2, 0.25) is 0 Å². The van der Waals surface area contributed by atoms with Crippen molar-refractivity contribution >= 4 is 16.8 Å². The molecular weight excluding hydrogens is 254 g/mol. The number of hydrogen-bond acceptors (Lipinski definition) is 3. The Morgan fingerprint density at radius 1 is 1.45 bits per heavy atom. The molecule has 2 rings (SSSR count). The SMILES string of the molecule is CC(O)CC(C)(C)CNC(=O)c1n[nH]c2ccccc12. The van der Waals surface area contributed by atoms with E-state index in [-0.39, 0.29) is 17.4 Å². The van der Waals surface area contributed by atoms with Crippen molar-refractivity contribution in [2.24, 2.45) is 5.41 Å². The van der Waals surface area contributed by atoms with Crippen molar-refractivity contribution in [3.05, 3.63) is 30.0 Å². The standard InChI is InChI=1S/C15H21N3O2/c1-10(19)8-15(2,3)9-16-14(20)13-11-6-4-5-7-12(11)17-18-13/h4-7,10,19H,8-9H2,1-3H3,(H,16,20)(H,17,18). The van der Waals surface area contributed by atoms with Crippen LogP contribution in [0.1, 0.15) is 37.7 Å². The Morgan fingerprint density at radius 2 is 2.15 bits per heavy atom. The second-order valence-electron chi connectivity index (χ2n) is 6.02. The summed E-state index contributed by atoms with van der Waals surface area (Å²) >= 11 is 0. The predicted octanol–water partition coefficient (Wildman–Crippen LogP) is 2.09. The van der Waals surface area contributed by atoms with Crippen LogP contribution in [0, 0.1) is 5.41 Å². The van der Waals surface area contributed by atoms with Gasteiger partial charge in [0.05, 0.1) is 11.6 Å². The minimum Gasteiger partial charge on any atom is -0.393 e. The van der Waals surface area contributed by atoms with E-state index in [1.807, 2.05) is 38.1 Å². The lowest BCUT2D eigenvalue weighted by Crippen LogP contribution is -2.35. The molecule has 2 aromatic rings. The van der Waals surface area contributed by atoms with E-state index in [4.69, 9.17) is 0 Å². The lowest BCUT2D eigenvalue weighted by molar-refractivity contribution is 0.0899. The number of rotatable bonds is 5. The molecule has 1 unspecified atom stereocenters. The summed E-state index contributed by atoms with van der Waals surface area (Å²) in [7, 11) is 0. The summed E-state index contributed by atoms with van der Waals surface area (Å²) in [6.07, 6.45) is 0.252. The van der Waals surface area contributed by atoms with Crippen LogP contribution < -0.4 is 5.32 Å². The molecule has 108 valence electrons. The summed E-state index contributed by atoms with van der Waals surface area (Å²) in [6.45, 7) is 6.29. The number of hydrogen-bond donors (Lipinski definition) is 3. The van der Waals surface area contributed by atoms with Crippen molar-refractivity contribution in [1.82, 2.24) is 15.5 Å². The quantitative estimate of drug-likeness (QED) is 0.782. The van der Waals surface area contributed by atoms with E-state index in [1.54, 1.807) is 6.92 Å². The number of fused-ring (bicyclic) bond motifs is 1. The number of aromatic nitrogens is 2. The second-order valence-corrected chi connectivity index (χ2v) is 6.02. The molecule has 3 N–H and O–H groups in total. The van der Waals surface area contributed by atoms with Gasteiger partial charge in [0.2, 0.25) is 0 Å². The van der Waals surface area contributed by atoms with E-state index in [0.717, 1.165) is 10.9 Å². The van der Waals surface area contributed by atoms with Gasteiger partial charge in [0.25, 0.3) is 5.91 Å². The van der Waals surface area contributed by atoms with Crippen molar-refractivity contribution in [3.8, 4) is 0 Å². The van der Waals surface area contributed by atoms with Gasteiger partial charge in [0.15, 0.2) is 5.69 Å². The van der Waals surface area contributed by atoms with E-state index in [1.165, 1.54) is 0 Å². The highest BCUT2D eigenvalue weighted by Crippen LogP contribution is 2.21. The van der Waals surface area contributed by atoms with Crippen LogP contribution in [-0.2, 0) is 0 Å². The first-order valence-corrected chi connectivity index (χ1v) is 6.78. The highest BCUT2D eigenvalue weighted by Gasteiger charge is 2.22. The van der Waals surface area contributed by atoms with Gasteiger partial charge in [0.1, 0.15) is 0 Å². The molecule has 0 aliphatic heterocycles. The molecule has 0 spiro atoms. The molecule has 0 fully saturated rings. The first kappa shape index (κ1) is 14.5. The first-order valence-electron chi connectivity index (χ1n) is 6.78. The van der Waals surface area contributed by atoms with Crippen LogP contribution in [0.5, 0.6) is 0 Å². The monoisotopic (exact) mass is 275 g/mol. The summed E-state index contributed by atoms with van der Waals surface area (Å²) in [5.41, 5.74) is 1.10. The molecule has 0 bridgehead atoms. The molecule has 1 aromatic heterocycles. The number of nitrogens with one attached hydrogen (secondary N) is 2. The number of H-pyrrole nitrogens is 1. The van der Waals surface area contributed by atoms with Gasteiger partial charge in [-0.3, -0.25) is 9.89 Å². The molecule has 1 atom stereocenters. The fourth-order valence-electron chi connectivity index (χ4n) is 2.41. The first-order chi connectivity index (χ1) is 9.39. The predicted molar refractivity (Wildman–Crippen MR) is 78.5 cm³/mol. The number of para-hydroxylation sites is 1. The van der Waals surface area contributed by atoms with Crippen LogP contribution in [-0.4, -0.2) is 33.9 Å². The van der Waals surface area contributed by atoms with Gasteiger partial charge < -0.3 is 10.4 Å². The molecule has 1 aromatic carbocycles. The normalized spacial score (nSPS) is 13.4. The fourth-order valence-corrected chi connectivity index (χ4v) is 2.41. The van der Waals surface area contributed by atoms with Crippen molar-refractivity contribution < 1.29 is 9.90 Å². The van der Waals surface area contributed by atoms with Gasteiger partial charge in [-0.25, -0.2) is 0 Å². The molecule has 0 saturated carbocycles. The Bertz CT molecular complexity index is 602. The maximum Gasteiger partial charge on any atom is 0.272 e. The Labute approximate surface area is 118 Å². The summed E-state index contributed by atoms with van der Waals surface area (Å²) in [5, 5.41) is 20.1. The van der Waals surface area contributed by atoms with Gasteiger partial charge in [-0.05, 0) is 24.8 Å². The average molecular weight is 275 g/mol. The van der Waals surface area contributed by atoms with Gasteiger partial charge in [0, 0.05) is 11.9 Å². The number of amides is 1. The Hall–Kier alpha value is -1.88. The van der Waals surface area contributed by atoms with Gasteiger partial charge in [-0.15, -0.1) is 0 Å². The Kier molecular flexibility index (Phi) is 4.09. The Morgan fingerprint density at radius 3 is 2.85 bits per heavy atom. The number of benzene rings is 1. The molecule has 1 heterocycles. The zero-order valence-electron chi connectivity index (χ0n) is 12.1. The zero-order valence-corrected chi connectivity index (χ0v) is 12.1. The molecule has 0 aliphatic rings. The minimum atomic E-state index is -0.381. The van der Waals surface area contributed by atoms with Crippen molar-refractivity contribution in [2.45, 2.75) is 33.3 Å². The van der Waals surface area contributed by atoms with Crippen LogP contribution >= 0.6 is 0 Å². The summed E-state index contributed by atoms with van der Waals surface area (Å²) in [6, 6.07) is 7.53. The van der Waals surface area contributed by atoms with Crippen molar-refractivity contribution in [3.63, 3.8) is 0 Å². The third-order valence-electron chi connectivity index (χ3n) is 3.26. The zero-order chi connectivity index (χ0) is 14.8. The van der Waals surface area contributed by atoms with Gasteiger partial charge >= 0.3 is 0 Å². The van der Waals surface area contributed by atoms with E-state index < -0.39 is 0 Å². The van der Waals surface area contributed by atoms with E-state index in [0.29, 0.717) is 18.7 Å². The number of aliphatic hydroxyl groups excluding tert-OH is 1. The van der Waals surface area contributed by atoms with E-state index in [2.05, 4.69) is 15.5 Å². The molecule has 0 aliphatic carbocycles. The van der Waals surface area contributed by atoms with Crippen molar-refractivity contribution in [1.29, 1.82) is 0 Å². The average Bonchev–Trinajstić information content (AvgIpc) is 2.78. The number of nitrogens with zero attached hydrogens (tertiary/aromatic N) is 1. The maximum absolute atomic E-state index is 12.2. The minimum absolute atomic E-state index is 0.157. The smallest absolute Gasteiger partial charge is 0.272 e. The number of aliphatic hydroxyl groups is 1. The van der Waals surface area contributed by atoms with Gasteiger partial charge in [-0.1, -0.05) is 32.0 Å². The maximum atomic E-state index is 12.2. The molecule has 5 nitrogen and oxygen atoms in total. The number of carbonyl (C=O) groups is 1. The van der Waals surface area contributed by atoms with Crippen LogP contribution in [0.15, 0.2) is 24.3 Å². The molecule has 1 amide bonds. The highest BCUT2D eigenvalue weighted by molar-refractivity contribution is 6.04. The summed E-state index contributed by atoms with van der Waals surface area (Å²) in [5.74, 6) is -0.193. The van der Waals surface area contributed by atoms with Crippen LogP contribution in [0.4, 0.5) is 0 Å². The lowest BCUT2D eigenvalue weighted by atomic mass is 9.87. The number of aromatic amines is 1. The van der Waals surface area contributed by atoms with Gasteiger partial charge in [-0.2, -0.15) is 5.10 Å². The topological polar surface area (TPSA) is 78.0 Å². The molecule has 5 heteroatoms. The van der Waals surface area contributed by atoms with E-state index in [9.17, 15) is 9.90 Å².